The molecule has 0 aliphatic carbocycles. The fraction of sp³-hybridized carbons (Fsp3) is 0.700. The highest BCUT2D eigenvalue weighted by Gasteiger charge is 2.33. The van der Waals surface area contributed by atoms with E-state index >= 15 is 0 Å². The number of hydrogen-bond acceptors (Lipinski definition) is 3. The molecule has 1 rings (SSSR count). The van der Waals surface area contributed by atoms with E-state index in [-0.39, 0.29) is 12.3 Å². The van der Waals surface area contributed by atoms with Crippen molar-refractivity contribution >= 4 is 5.97 Å². The summed E-state index contributed by atoms with van der Waals surface area (Å²) in [5, 5.41) is 0. The van der Waals surface area contributed by atoms with Crippen LogP contribution in [0, 0.1) is 5.92 Å². The van der Waals surface area contributed by atoms with E-state index in [0.29, 0.717) is 12.5 Å². The molecule has 3 nitrogen and oxygen atoms in total. The van der Waals surface area contributed by atoms with Crippen LogP contribution in [-0.4, -0.2) is 18.9 Å². The highest BCUT2D eigenvalue weighted by atomic mass is 16.7. The zero-order chi connectivity index (χ0) is 9.68. The normalized spacial score (nSPS) is 27.2. The molecule has 0 radical (unpaired) electrons. The fourth-order valence-corrected chi connectivity index (χ4v) is 1.12. The molecule has 0 N–H and O–H groups in total. The maximum Gasteiger partial charge on any atom is 0.332 e. The van der Waals surface area contributed by atoms with Gasteiger partial charge in [-0.05, 0) is 12.8 Å². The van der Waals surface area contributed by atoms with Gasteiger partial charge in [0.2, 0.25) is 6.29 Å². The molecule has 74 valence electrons. The van der Waals surface area contributed by atoms with Gasteiger partial charge in [0, 0.05) is 12.0 Å². The summed E-state index contributed by atoms with van der Waals surface area (Å²) in [4.78, 5) is 11.1. The molecule has 1 aliphatic rings. The number of esters is 1. The minimum Gasteiger partial charge on any atom is -0.432 e. The third-order valence-corrected chi connectivity index (χ3v) is 2.11. The van der Waals surface area contributed by atoms with Crippen molar-refractivity contribution in [1.29, 1.82) is 0 Å². The zero-order valence-corrected chi connectivity index (χ0v) is 8.16. The SMILES string of the molecule is CC/C=C/C(=O)OC1OCC1CC. The molecule has 0 aromatic heterocycles. The van der Waals surface area contributed by atoms with E-state index in [1.807, 2.05) is 6.92 Å². The highest BCUT2D eigenvalue weighted by molar-refractivity contribution is 5.81. The molecule has 0 aromatic carbocycles. The second-order valence-electron chi connectivity index (χ2n) is 3.12. The van der Waals surface area contributed by atoms with Crippen molar-refractivity contribution in [1.82, 2.24) is 0 Å². The van der Waals surface area contributed by atoms with Crippen LogP contribution in [0.5, 0.6) is 0 Å². The van der Waals surface area contributed by atoms with Gasteiger partial charge < -0.3 is 9.47 Å². The number of carbonyl (C=O) groups is 1. The lowest BCUT2D eigenvalue weighted by Gasteiger charge is -2.34. The van der Waals surface area contributed by atoms with Gasteiger partial charge in [-0.2, -0.15) is 0 Å². The smallest absolute Gasteiger partial charge is 0.332 e. The first-order valence-corrected chi connectivity index (χ1v) is 4.76. The van der Waals surface area contributed by atoms with E-state index in [0.717, 1.165) is 12.8 Å². The van der Waals surface area contributed by atoms with Crippen molar-refractivity contribution in [3.63, 3.8) is 0 Å². The number of hydrogen-bond donors (Lipinski definition) is 0. The van der Waals surface area contributed by atoms with E-state index in [1.165, 1.54) is 6.08 Å². The maximum absolute atomic E-state index is 11.1. The van der Waals surface area contributed by atoms with Crippen LogP contribution in [-0.2, 0) is 14.3 Å². The standard InChI is InChI=1S/C10H16O3/c1-3-5-6-9(11)13-10-8(4-2)7-12-10/h5-6,8,10H,3-4,7H2,1-2H3/b6-5+. The summed E-state index contributed by atoms with van der Waals surface area (Å²) in [7, 11) is 0. The molecular formula is C10H16O3. The first-order chi connectivity index (χ1) is 6.27. The van der Waals surface area contributed by atoms with Gasteiger partial charge in [-0.3, -0.25) is 0 Å². The third kappa shape index (κ3) is 2.84. The Bertz CT molecular complexity index is 196. The Kier molecular flexibility index (Phi) is 3.96. The lowest BCUT2D eigenvalue weighted by atomic mass is 10.0. The quantitative estimate of drug-likeness (QED) is 0.494. The summed E-state index contributed by atoms with van der Waals surface area (Å²) in [5.41, 5.74) is 0. The first kappa shape index (κ1) is 10.3. The average molecular weight is 184 g/mol. The molecule has 0 bridgehead atoms. The van der Waals surface area contributed by atoms with E-state index in [1.54, 1.807) is 6.08 Å². The molecule has 1 aliphatic heterocycles. The average Bonchev–Trinajstić information content (AvgIpc) is 2.10. The van der Waals surface area contributed by atoms with Crippen molar-refractivity contribution < 1.29 is 14.3 Å². The van der Waals surface area contributed by atoms with E-state index in [9.17, 15) is 4.79 Å². The Balaban J connectivity index is 2.24. The maximum atomic E-state index is 11.1. The lowest BCUT2D eigenvalue weighted by Crippen LogP contribution is -2.42. The summed E-state index contributed by atoms with van der Waals surface area (Å²) < 4.78 is 10.2. The molecule has 0 saturated carbocycles. The van der Waals surface area contributed by atoms with Crippen LogP contribution in [0.1, 0.15) is 26.7 Å². The van der Waals surface area contributed by atoms with Crippen molar-refractivity contribution in [3.05, 3.63) is 12.2 Å². The Labute approximate surface area is 78.7 Å². The number of ether oxygens (including phenoxy) is 2. The Hall–Kier alpha value is -0.830. The van der Waals surface area contributed by atoms with Crippen LogP contribution in [0.15, 0.2) is 12.2 Å². The topological polar surface area (TPSA) is 35.5 Å². The molecular weight excluding hydrogens is 168 g/mol. The Morgan fingerprint density at radius 2 is 2.38 bits per heavy atom. The molecule has 1 heterocycles. The number of allylic oxidation sites excluding steroid dienone is 1. The van der Waals surface area contributed by atoms with Crippen molar-refractivity contribution in [2.75, 3.05) is 6.61 Å². The fourth-order valence-electron chi connectivity index (χ4n) is 1.12. The van der Waals surface area contributed by atoms with Gasteiger partial charge in [-0.15, -0.1) is 0 Å². The third-order valence-electron chi connectivity index (χ3n) is 2.11. The number of carbonyl (C=O) groups excluding carboxylic acids is 1. The first-order valence-electron chi connectivity index (χ1n) is 4.76. The van der Waals surface area contributed by atoms with Gasteiger partial charge in [0.15, 0.2) is 0 Å². The van der Waals surface area contributed by atoms with E-state index < -0.39 is 0 Å². The van der Waals surface area contributed by atoms with Crippen molar-refractivity contribution in [2.45, 2.75) is 33.0 Å². The number of rotatable bonds is 4. The van der Waals surface area contributed by atoms with Gasteiger partial charge in [0.1, 0.15) is 0 Å². The molecule has 3 heteroatoms. The molecule has 0 aromatic rings. The zero-order valence-electron chi connectivity index (χ0n) is 8.16. The second-order valence-corrected chi connectivity index (χ2v) is 3.12. The van der Waals surface area contributed by atoms with Gasteiger partial charge in [-0.1, -0.05) is 19.9 Å². The lowest BCUT2D eigenvalue weighted by molar-refractivity contribution is -0.247. The van der Waals surface area contributed by atoms with E-state index in [2.05, 4.69) is 6.92 Å². The molecule has 13 heavy (non-hydrogen) atoms. The summed E-state index contributed by atoms with van der Waals surface area (Å²) in [6.45, 7) is 4.75. The predicted molar refractivity (Wildman–Crippen MR) is 49.0 cm³/mol. The summed E-state index contributed by atoms with van der Waals surface area (Å²) >= 11 is 0. The highest BCUT2D eigenvalue weighted by Crippen LogP contribution is 2.24. The van der Waals surface area contributed by atoms with E-state index in [4.69, 9.17) is 9.47 Å². The predicted octanol–water partition coefficient (Wildman–Crippen LogP) is 1.88. The van der Waals surface area contributed by atoms with Gasteiger partial charge in [0.05, 0.1) is 6.61 Å². The molecule has 2 unspecified atom stereocenters. The Morgan fingerprint density at radius 1 is 1.62 bits per heavy atom. The Morgan fingerprint density at radius 3 is 2.85 bits per heavy atom. The van der Waals surface area contributed by atoms with Gasteiger partial charge in [-0.25, -0.2) is 4.79 Å². The molecule has 0 amide bonds. The van der Waals surface area contributed by atoms with Crippen LogP contribution in [0.25, 0.3) is 0 Å². The summed E-state index contributed by atoms with van der Waals surface area (Å²) in [5.74, 6) is 0.0870. The minimum atomic E-state index is -0.306. The van der Waals surface area contributed by atoms with Crippen molar-refractivity contribution in [3.8, 4) is 0 Å². The molecule has 2 atom stereocenters. The van der Waals surface area contributed by atoms with Gasteiger partial charge >= 0.3 is 5.97 Å². The summed E-state index contributed by atoms with van der Waals surface area (Å²) in [6, 6.07) is 0. The summed E-state index contributed by atoms with van der Waals surface area (Å²) in [6.07, 6.45) is 4.77. The second kappa shape index (κ2) is 5.02. The van der Waals surface area contributed by atoms with Crippen molar-refractivity contribution in [2.24, 2.45) is 5.92 Å². The molecule has 0 spiro atoms. The molecule has 1 saturated heterocycles. The van der Waals surface area contributed by atoms with Gasteiger partial charge in [0.25, 0.3) is 0 Å². The molecule has 1 fully saturated rings. The van der Waals surface area contributed by atoms with Crippen LogP contribution < -0.4 is 0 Å². The van der Waals surface area contributed by atoms with Crippen LogP contribution in [0.3, 0.4) is 0 Å². The van der Waals surface area contributed by atoms with Crippen LogP contribution in [0.4, 0.5) is 0 Å². The largest absolute Gasteiger partial charge is 0.432 e. The minimum absolute atomic E-state index is 0.301. The van der Waals surface area contributed by atoms with Crippen LogP contribution in [0.2, 0.25) is 0 Å². The van der Waals surface area contributed by atoms with Crippen LogP contribution >= 0.6 is 0 Å². The monoisotopic (exact) mass is 184 g/mol.